The Morgan fingerprint density at radius 1 is 0.960 bits per heavy atom. The van der Waals surface area contributed by atoms with Crippen LogP contribution in [0, 0.1) is 0 Å². The number of unbranched alkanes of at least 4 members (excludes halogenated alkanes) is 5. The lowest BCUT2D eigenvalue weighted by Crippen LogP contribution is -2.45. The minimum absolute atomic E-state index is 0.0694. The van der Waals surface area contributed by atoms with Gasteiger partial charge in [-0.1, -0.05) is 59.3 Å². The van der Waals surface area contributed by atoms with Crippen molar-refractivity contribution >= 4 is 11.9 Å². The van der Waals surface area contributed by atoms with Crippen LogP contribution in [0.3, 0.4) is 0 Å². The summed E-state index contributed by atoms with van der Waals surface area (Å²) in [5.74, 6) is -1.67. The number of nitrogens with zero attached hydrogens (tertiary/aromatic N) is 2. The number of rotatable bonds is 13. The molecule has 1 atom stereocenters. The quantitative estimate of drug-likeness (QED) is 0.401. The van der Waals surface area contributed by atoms with Gasteiger partial charge in [-0.05, 0) is 19.5 Å². The van der Waals surface area contributed by atoms with Crippen LogP contribution >= 0.6 is 0 Å². The number of likely N-dealkylation sites (N-methyl/N-ethyl adjacent to an activating group) is 2. The first-order valence-corrected chi connectivity index (χ1v) is 9.56. The first-order valence-electron chi connectivity index (χ1n) is 9.56. The van der Waals surface area contributed by atoms with Gasteiger partial charge in [-0.2, -0.15) is 0 Å². The van der Waals surface area contributed by atoms with Gasteiger partial charge in [0.05, 0.1) is 27.1 Å². The predicted octanol–water partition coefficient (Wildman–Crippen LogP) is 1.97. The molecule has 1 N–H and O–H groups in total. The molecular weight excluding hydrogens is 320 g/mol. The van der Waals surface area contributed by atoms with Crippen molar-refractivity contribution in [3.8, 4) is 0 Å². The first-order chi connectivity index (χ1) is 11.6. The van der Waals surface area contributed by atoms with Crippen LogP contribution in [0.1, 0.15) is 65.7 Å². The molecule has 0 aliphatic carbocycles. The third-order valence-electron chi connectivity index (χ3n) is 3.97. The van der Waals surface area contributed by atoms with Gasteiger partial charge in [0.25, 0.3) is 0 Å². The highest BCUT2D eigenvalue weighted by Gasteiger charge is 2.22. The Morgan fingerprint density at radius 3 is 1.76 bits per heavy atom. The van der Waals surface area contributed by atoms with Crippen molar-refractivity contribution in [3.63, 3.8) is 0 Å². The summed E-state index contributed by atoms with van der Waals surface area (Å²) in [7, 11) is 5.40. The van der Waals surface area contributed by atoms with Crippen LogP contribution in [0.15, 0.2) is 0 Å². The van der Waals surface area contributed by atoms with Gasteiger partial charge >= 0.3 is 5.97 Å². The van der Waals surface area contributed by atoms with Crippen molar-refractivity contribution in [3.05, 3.63) is 0 Å². The molecule has 25 heavy (non-hydrogen) atoms. The molecule has 0 saturated heterocycles. The molecule has 6 nitrogen and oxygen atoms in total. The largest absolute Gasteiger partial charge is 0.544 e. The second-order valence-electron chi connectivity index (χ2n) is 7.45. The molecule has 0 saturated carbocycles. The molecule has 0 aromatic carbocycles. The zero-order chi connectivity index (χ0) is 19.9. The summed E-state index contributed by atoms with van der Waals surface area (Å²) in [6, 6.07) is -0.281. The number of carbonyl (C=O) groups is 2. The highest BCUT2D eigenvalue weighted by atomic mass is 16.4. The van der Waals surface area contributed by atoms with Crippen molar-refractivity contribution in [2.24, 2.45) is 0 Å². The van der Waals surface area contributed by atoms with E-state index in [4.69, 9.17) is 0 Å². The highest BCUT2D eigenvalue weighted by molar-refractivity contribution is 5.73. The molecule has 150 valence electrons. The Morgan fingerprint density at radius 2 is 1.44 bits per heavy atom. The van der Waals surface area contributed by atoms with Crippen molar-refractivity contribution < 1.29 is 24.3 Å². The zero-order valence-corrected chi connectivity index (χ0v) is 17.2. The maximum Gasteiger partial charge on any atom is 0.320 e. The normalized spacial score (nSPS) is 12.4. The van der Waals surface area contributed by atoms with Crippen LogP contribution in [-0.4, -0.2) is 73.2 Å². The maximum atomic E-state index is 11.2. The van der Waals surface area contributed by atoms with E-state index in [1.807, 2.05) is 18.7 Å². The molecule has 0 aromatic rings. The monoisotopic (exact) mass is 360 g/mol. The maximum absolute atomic E-state index is 11.2. The van der Waals surface area contributed by atoms with Gasteiger partial charge in [-0.15, -0.1) is 0 Å². The number of hydrogen-bond acceptors (Lipinski definition) is 4. The highest BCUT2D eigenvalue weighted by Crippen LogP contribution is 2.12. The smallest absolute Gasteiger partial charge is 0.320 e. The fraction of sp³-hybridized carbons (Fsp3) is 0.895. The molecule has 0 aromatic heterocycles. The van der Waals surface area contributed by atoms with E-state index >= 15 is 0 Å². The van der Waals surface area contributed by atoms with E-state index in [1.54, 1.807) is 21.1 Å². The SMILES string of the molecule is CCCCCCCCC(C(=O)O)N(CC)CC.C[N+](C)(C)CC(=O)[O-]. The first kappa shape index (κ1) is 26.1. The van der Waals surface area contributed by atoms with Crippen LogP contribution in [-0.2, 0) is 9.59 Å². The van der Waals surface area contributed by atoms with Crippen molar-refractivity contribution in [2.75, 3.05) is 40.8 Å². The molecule has 0 aliphatic rings. The lowest BCUT2D eigenvalue weighted by molar-refractivity contribution is -0.864. The fourth-order valence-corrected chi connectivity index (χ4v) is 2.63. The number of aliphatic carboxylic acids is 2. The van der Waals surface area contributed by atoms with Crippen LogP contribution in [0.25, 0.3) is 0 Å². The number of hydrogen-bond donors (Lipinski definition) is 1. The van der Waals surface area contributed by atoms with Crippen molar-refractivity contribution in [1.82, 2.24) is 4.90 Å². The van der Waals surface area contributed by atoms with E-state index in [0.717, 1.165) is 25.9 Å². The standard InChI is InChI=1S/C14H29NO2.C5H11NO2/c1-4-7-8-9-10-11-12-13(14(16)17)15(5-2)6-3;1-6(2,3)4-5(7)8/h13H,4-12H2,1-3H3,(H,16,17);4H2,1-3H3. The lowest BCUT2D eigenvalue weighted by Gasteiger charge is -2.26. The van der Waals surface area contributed by atoms with Crippen LogP contribution in [0.4, 0.5) is 0 Å². The molecule has 0 spiro atoms. The summed E-state index contributed by atoms with van der Waals surface area (Å²) in [4.78, 5) is 23.1. The minimum atomic E-state index is -1.00. The molecular formula is C19H40N2O4. The van der Waals surface area contributed by atoms with E-state index in [0.29, 0.717) is 4.48 Å². The third kappa shape index (κ3) is 17.5. The molecule has 6 heteroatoms. The number of carboxylic acids is 2. The Kier molecular flexibility index (Phi) is 15.8. The van der Waals surface area contributed by atoms with Gasteiger partial charge in [-0.25, -0.2) is 0 Å². The second-order valence-corrected chi connectivity index (χ2v) is 7.45. The van der Waals surface area contributed by atoms with Crippen molar-refractivity contribution in [2.45, 2.75) is 71.8 Å². The van der Waals surface area contributed by atoms with Crippen molar-refractivity contribution in [1.29, 1.82) is 0 Å². The van der Waals surface area contributed by atoms with E-state index in [1.165, 1.54) is 32.1 Å². The molecule has 0 aliphatic heterocycles. The van der Waals surface area contributed by atoms with Gasteiger partial charge in [0.2, 0.25) is 0 Å². The summed E-state index contributed by atoms with van der Waals surface area (Å²) in [6.07, 6.45) is 8.11. The molecule has 0 radical (unpaired) electrons. The van der Waals surface area contributed by atoms with E-state index in [2.05, 4.69) is 6.92 Å². The summed E-state index contributed by atoms with van der Waals surface area (Å²) in [6.45, 7) is 7.98. The van der Waals surface area contributed by atoms with Crippen LogP contribution in [0.5, 0.6) is 0 Å². The van der Waals surface area contributed by atoms with E-state index in [9.17, 15) is 19.8 Å². The minimum Gasteiger partial charge on any atom is -0.544 e. The Labute approximate surface area is 154 Å². The molecule has 0 amide bonds. The average Bonchev–Trinajstić information content (AvgIpc) is 2.47. The zero-order valence-electron chi connectivity index (χ0n) is 17.2. The van der Waals surface area contributed by atoms with Crippen LogP contribution in [0.2, 0.25) is 0 Å². The molecule has 0 rings (SSSR count). The Bertz CT molecular complexity index is 350. The summed E-state index contributed by atoms with van der Waals surface area (Å²) < 4.78 is 0.419. The number of carbonyl (C=O) groups excluding carboxylic acids is 1. The average molecular weight is 361 g/mol. The summed E-state index contributed by atoms with van der Waals surface area (Å²) in [5.41, 5.74) is 0. The second kappa shape index (κ2) is 15.1. The van der Waals surface area contributed by atoms with Gasteiger partial charge in [0.15, 0.2) is 0 Å². The Hall–Kier alpha value is -1.14. The van der Waals surface area contributed by atoms with E-state index in [-0.39, 0.29) is 12.6 Å². The Balaban J connectivity index is 0. The predicted molar refractivity (Wildman–Crippen MR) is 100 cm³/mol. The molecule has 0 bridgehead atoms. The van der Waals surface area contributed by atoms with Gasteiger partial charge < -0.3 is 19.5 Å². The van der Waals surface area contributed by atoms with Gasteiger partial charge in [0.1, 0.15) is 12.6 Å². The number of carboxylic acid groups (broad SMARTS) is 2. The third-order valence-corrected chi connectivity index (χ3v) is 3.97. The summed E-state index contributed by atoms with van der Waals surface area (Å²) >= 11 is 0. The molecule has 0 heterocycles. The van der Waals surface area contributed by atoms with E-state index < -0.39 is 11.9 Å². The van der Waals surface area contributed by atoms with Gasteiger partial charge in [0, 0.05) is 0 Å². The fourth-order valence-electron chi connectivity index (χ4n) is 2.63. The van der Waals surface area contributed by atoms with Crippen LogP contribution < -0.4 is 5.11 Å². The molecule has 1 unspecified atom stereocenters. The number of quaternary nitrogens is 1. The topological polar surface area (TPSA) is 80.7 Å². The lowest BCUT2D eigenvalue weighted by atomic mass is 10.0. The van der Waals surface area contributed by atoms with Gasteiger partial charge in [-0.3, -0.25) is 9.69 Å². The molecule has 0 fully saturated rings. The summed E-state index contributed by atoms with van der Waals surface area (Å²) in [5, 5.41) is 19.1.